The summed E-state index contributed by atoms with van der Waals surface area (Å²) in [4.78, 5) is 30.2. The second-order valence-electron chi connectivity index (χ2n) is 6.99. The van der Waals surface area contributed by atoms with Crippen LogP contribution in [0.3, 0.4) is 0 Å². The highest BCUT2D eigenvalue weighted by molar-refractivity contribution is 7.90. The lowest BCUT2D eigenvalue weighted by Gasteiger charge is -2.33. The molecule has 0 bridgehead atoms. The second kappa shape index (κ2) is 9.01. The van der Waals surface area contributed by atoms with E-state index in [-0.39, 0.29) is 15.5 Å². The molecule has 1 aliphatic rings. The summed E-state index contributed by atoms with van der Waals surface area (Å²) in [5.74, 6) is -1.59. The number of aromatic carboxylic acids is 1. The van der Waals surface area contributed by atoms with Gasteiger partial charge in [0.25, 0.3) is 10.0 Å². The highest BCUT2D eigenvalue weighted by Crippen LogP contribution is 2.30. The van der Waals surface area contributed by atoms with Crippen molar-refractivity contribution in [1.82, 2.24) is 9.71 Å². The van der Waals surface area contributed by atoms with E-state index in [1.54, 1.807) is 18.2 Å². The highest BCUT2D eigenvalue weighted by atomic mass is 35.5. The number of nitrogens with one attached hydrogen (secondary N) is 1. The number of piperidine rings is 1. The van der Waals surface area contributed by atoms with Gasteiger partial charge < -0.3 is 10.0 Å². The molecule has 0 atom stereocenters. The quantitative estimate of drug-likeness (QED) is 0.693. The molecule has 160 valence electrons. The van der Waals surface area contributed by atoms with Gasteiger partial charge in [0.05, 0.1) is 21.2 Å². The van der Waals surface area contributed by atoms with Gasteiger partial charge in [-0.25, -0.2) is 22.9 Å². The van der Waals surface area contributed by atoms with Crippen LogP contribution in [-0.4, -0.2) is 43.5 Å². The molecular weight excluding hydrogens is 430 g/mol. The van der Waals surface area contributed by atoms with Crippen LogP contribution in [0.4, 0.5) is 5.82 Å². The first-order valence-corrected chi connectivity index (χ1v) is 11.4. The lowest BCUT2D eigenvalue weighted by molar-refractivity contribution is -0.123. The molecule has 2 N–H and O–H groups in total. The minimum atomic E-state index is -3.91. The van der Waals surface area contributed by atoms with E-state index in [9.17, 15) is 23.1 Å². The van der Waals surface area contributed by atoms with Gasteiger partial charge in [0, 0.05) is 19.0 Å². The van der Waals surface area contributed by atoms with Crippen molar-refractivity contribution in [3.05, 3.63) is 52.7 Å². The lowest BCUT2D eigenvalue weighted by Crippen LogP contribution is -2.42. The monoisotopic (exact) mass is 451 g/mol. The maximum atomic E-state index is 12.5. The van der Waals surface area contributed by atoms with Crippen molar-refractivity contribution in [1.29, 1.82) is 0 Å². The number of pyridine rings is 1. The number of carbonyl (C=O) groups excluding carboxylic acids is 1. The number of aromatic nitrogens is 1. The molecule has 0 saturated carbocycles. The third kappa shape index (κ3) is 4.73. The molecule has 0 spiro atoms. The normalized spacial score (nSPS) is 15.1. The van der Waals surface area contributed by atoms with Gasteiger partial charge in [-0.2, -0.15) is 0 Å². The molecule has 2 aromatic rings. The Bertz CT molecular complexity index is 1050. The van der Waals surface area contributed by atoms with Crippen LogP contribution in [0.2, 0.25) is 5.02 Å². The fourth-order valence-electron chi connectivity index (χ4n) is 3.42. The Labute approximate surface area is 179 Å². The number of halogens is 1. The molecule has 1 saturated heterocycles. The van der Waals surface area contributed by atoms with Crippen LogP contribution >= 0.6 is 11.6 Å². The summed E-state index contributed by atoms with van der Waals surface area (Å²) >= 11 is 6.26. The van der Waals surface area contributed by atoms with E-state index in [0.29, 0.717) is 43.9 Å². The summed E-state index contributed by atoms with van der Waals surface area (Å²) in [5.41, 5.74) is 0.516. The Hall–Kier alpha value is -2.65. The first-order chi connectivity index (χ1) is 14.2. The van der Waals surface area contributed by atoms with Crippen molar-refractivity contribution in [2.75, 3.05) is 18.0 Å². The standard InChI is InChI=1S/C20H22ClN3O5S/c1-2-17-15(20(26)27)12-16(21)18(22-17)24-10-8-13(9-11-24)19(25)23-30(28,29)14-6-4-3-5-7-14/h3-7,12-13H,2,8-11H2,1H3,(H,23,25)(H,26,27). The number of carbonyl (C=O) groups is 2. The van der Waals surface area contributed by atoms with E-state index in [2.05, 4.69) is 9.71 Å². The minimum absolute atomic E-state index is 0.0392. The predicted octanol–water partition coefficient (Wildman–Crippen LogP) is 2.72. The highest BCUT2D eigenvalue weighted by Gasteiger charge is 2.30. The van der Waals surface area contributed by atoms with Crippen molar-refractivity contribution < 1.29 is 23.1 Å². The maximum absolute atomic E-state index is 12.5. The fraction of sp³-hybridized carbons (Fsp3) is 0.350. The Morgan fingerprint density at radius 3 is 2.43 bits per heavy atom. The smallest absolute Gasteiger partial charge is 0.337 e. The molecule has 0 radical (unpaired) electrons. The molecular formula is C20H22ClN3O5S. The number of aryl methyl sites for hydroxylation is 1. The Balaban J connectivity index is 1.68. The number of hydrogen-bond donors (Lipinski definition) is 2. The lowest BCUT2D eigenvalue weighted by atomic mass is 9.96. The van der Waals surface area contributed by atoms with Crippen LogP contribution < -0.4 is 9.62 Å². The van der Waals surface area contributed by atoms with Crippen LogP contribution in [0.5, 0.6) is 0 Å². The third-order valence-electron chi connectivity index (χ3n) is 5.06. The molecule has 1 aromatic heterocycles. The van der Waals surface area contributed by atoms with E-state index in [0.717, 1.165) is 0 Å². The number of carboxylic acids is 1. The molecule has 0 aliphatic carbocycles. The summed E-state index contributed by atoms with van der Waals surface area (Å²) in [6, 6.07) is 9.14. The van der Waals surface area contributed by atoms with Crippen molar-refractivity contribution >= 4 is 39.3 Å². The van der Waals surface area contributed by atoms with Gasteiger partial charge >= 0.3 is 5.97 Å². The Kier molecular flexibility index (Phi) is 6.62. The Morgan fingerprint density at radius 1 is 1.23 bits per heavy atom. The first-order valence-electron chi connectivity index (χ1n) is 9.52. The van der Waals surface area contributed by atoms with Crippen molar-refractivity contribution in [3.8, 4) is 0 Å². The second-order valence-corrected chi connectivity index (χ2v) is 9.08. The van der Waals surface area contributed by atoms with Crippen LogP contribution in [0.25, 0.3) is 0 Å². The number of anilines is 1. The van der Waals surface area contributed by atoms with Gasteiger partial charge in [0.2, 0.25) is 5.91 Å². The van der Waals surface area contributed by atoms with Gasteiger partial charge in [-0.1, -0.05) is 36.7 Å². The summed E-state index contributed by atoms with van der Waals surface area (Å²) < 4.78 is 26.9. The number of amides is 1. The molecule has 3 rings (SSSR count). The third-order valence-corrected chi connectivity index (χ3v) is 6.70. The molecule has 1 amide bonds. The summed E-state index contributed by atoms with van der Waals surface area (Å²) in [6.07, 6.45) is 1.30. The number of carboxylic acid groups (broad SMARTS) is 1. The van der Waals surface area contributed by atoms with Crippen LogP contribution in [-0.2, 0) is 21.2 Å². The van der Waals surface area contributed by atoms with Gasteiger partial charge in [0.15, 0.2) is 0 Å². The molecule has 30 heavy (non-hydrogen) atoms. The topological polar surface area (TPSA) is 117 Å². The molecule has 10 heteroatoms. The van der Waals surface area contributed by atoms with Crippen molar-refractivity contribution in [2.24, 2.45) is 5.92 Å². The molecule has 1 aromatic carbocycles. The van der Waals surface area contributed by atoms with E-state index < -0.39 is 27.8 Å². The Morgan fingerprint density at radius 2 is 1.87 bits per heavy atom. The van der Waals surface area contributed by atoms with Gasteiger partial charge in [-0.15, -0.1) is 0 Å². The number of nitrogens with zero attached hydrogens (tertiary/aromatic N) is 2. The molecule has 0 unspecified atom stereocenters. The average molecular weight is 452 g/mol. The zero-order chi connectivity index (χ0) is 21.9. The number of hydrogen-bond acceptors (Lipinski definition) is 6. The average Bonchev–Trinajstić information content (AvgIpc) is 2.74. The van der Waals surface area contributed by atoms with Crippen LogP contribution in [0.1, 0.15) is 35.8 Å². The van der Waals surface area contributed by atoms with E-state index in [1.165, 1.54) is 18.2 Å². The largest absolute Gasteiger partial charge is 0.478 e. The van der Waals surface area contributed by atoms with E-state index in [1.807, 2.05) is 11.8 Å². The van der Waals surface area contributed by atoms with E-state index in [4.69, 9.17) is 11.6 Å². The van der Waals surface area contributed by atoms with Crippen molar-refractivity contribution in [2.45, 2.75) is 31.1 Å². The number of rotatable bonds is 6. The minimum Gasteiger partial charge on any atom is -0.478 e. The number of sulfonamides is 1. The predicted molar refractivity (Wildman–Crippen MR) is 112 cm³/mol. The SMILES string of the molecule is CCc1nc(N2CCC(C(=O)NS(=O)(=O)c3ccccc3)CC2)c(Cl)cc1C(=O)O. The first kappa shape index (κ1) is 22.0. The molecule has 8 nitrogen and oxygen atoms in total. The van der Waals surface area contributed by atoms with Gasteiger partial charge in [-0.05, 0) is 37.5 Å². The molecule has 1 aliphatic heterocycles. The number of benzene rings is 1. The molecule has 1 fully saturated rings. The van der Waals surface area contributed by atoms with Crippen LogP contribution in [0, 0.1) is 5.92 Å². The van der Waals surface area contributed by atoms with Crippen LogP contribution in [0.15, 0.2) is 41.3 Å². The maximum Gasteiger partial charge on any atom is 0.337 e. The van der Waals surface area contributed by atoms with Gasteiger partial charge in [-0.3, -0.25) is 4.79 Å². The zero-order valence-electron chi connectivity index (χ0n) is 16.3. The summed E-state index contributed by atoms with van der Waals surface area (Å²) in [7, 11) is -3.91. The van der Waals surface area contributed by atoms with Crippen molar-refractivity contribution in [3.63, 3.8) is 0 Å². The molecule has 2 heterocycles. The zero-order valence-corrected chi connectivity index (χ0v) is 17.9. The fourth-order valence-corrected chi connectivity index (χ4v) is 4.76. The summed E-state index contributed by atoms with van der Waals surface area (Å²) in [5, 5.41) is 9.52. The van der Waals surface area contributed by atoms with Gasteiger partial charge in [0.1, 0.15) is 5.82 Å². The van der Waals surface area contributed by atoms with E-state index >= 15 is 0 Å². The summed E-state index contributed by atoms with van der Waals surface area (Å²) in [6.45, 7) is 2.72.